The van der Waals surface area contributed by atoms with Crippen LogP contribution >= 0.6 is 11.3 Å². The van der Waals surface area contributed by atoms with E-state index >= 15 is 0 Å². The van der Waals surface area contributed by atoms with E-state index in [1.165, 1.54) is 0 Å². The van der Waals surface area contributed by atoms with Gasteiger partial charge in [0.05, 0.1) is 18.6 Å². The van der Waals surface area contributed by atoms with Gasteiger partial charge in [-0.25, -0.2) is 8.78 Å². The van der Waals surface area contributed by atoms with Gasteiger partial charge in [0.1, 0.15) is 0 Å². The zero-order chi connectivity index (χ0) is 15.0. The molecule has 2 aromatic rings. The predicted molar refractivity (Wildman–Crippen MR) is 79.7 cm³/mol. The van der Waals surface area contributed by atoms with E-state index in [0.717, 1.165) is 15.0 Å². The van der Waals surface area contributed by atoms with Gasteiger partial charge in [0.2, 0.25) is 5.91 Å². The zero-order valence-corrected chi connectivity index (χ0v) is 12.3. The van der Waals surface area contributed by atoms with Gasteiger partial charge in [-0.3, -0.25) is 10.1 Å². The number of hydrogen-bond donors (Lipinski definition) is 2. The minimum atomic E-state index is -2.79. The largest absolute Gasteiger partial charge is 0.347 e. The molecule has 3 nitrogen and oxygen atoms in total. The van der Waals surface area contributed by atoms with Gasteiger partial charge in [-0.15, -0.1) is 11.3 Å². The Morgan fingerprint density at radius 1 is 1.48 bits per heavy atom. The number of thiophene rings is 1. The van der Waals surface area contributed by atoms with Crippen molar-refractivity contribution in [2.24, 2.45) is 0 Å². The molecule has 2 heterocycles. The number of carbonyl (C=O) groups is 1. The molecular formula is C15H16F2N2OS. The molecule has 21 heavy (non-hydrogen) atoms. The van der Waals surface area contributed by atoms with E-state index in [1.807, 2.05) is 37.3 Å². The van der Waals surface area contributed by atoms with Crippen molar-refractivity contribution in [1.82, 2.24) is 10.6 Å². The molecule has 2 N–H and O–H groups in total. The number of alkyl halides is 2. The number of fused-ring (bicyclic) bond motifs is 1. The molecule has 1 aromatic carbocycles. The molecule has 1 aromatic heterocycles. The van der Waals surface area contributed by atoms with Gasteiger partial charge in [0.25, 0.3) is 5.92 Å². The van der Waals surface area contributed by atoms with Crippen LogP contribution in [0.4, 0.5) is 8.78 Å². The Kier molecular flexibility index (Phi) is 3.67. The van der Waals surface area contributed by atoms with Crippen molar-refractivity contribution in [2.45, 2.75) is 31.4 Å². The highest BCUT2D eigenvalue weighted by Crippen LogP contribution is 2.30. The molecular weight excluding hydrogens is 294 g/mol. The monoisotopic (exact) mass is 310 g/mol. The molecule has 1 saturated heterocycles. The molecule has 0 saturated carbocycles. The van der Waals surface area contributed by atoms with E-state index in [2.05, 4.69) is 10.6 Å². The summed E-state index contributed by atoms with van der Waals surface area (Å²) in [4.78, 5) is 13.1. The second kappa shape index (κ2) is 5.35. The number of nitrogens with one attached hydrogen (secondary N) is 2. The Balaban J connectivity index is 1.68. The molecule has 1 aliphatic rings. The Morgan fingerprint density at radius 3 is 2.90 bits per heavy atom. The third kappa shape index (κ3) is 3.06. The SMILES string of the molecule is CC(NC(=O)C1CC(F)(F)CN1)c1cc2ccccc2s1. The molecule has 2 unspecified atom stereocenters. The second-order valence-corrected chi connectivity index (χ2v) is 6.53. The van der Waals surface area contributed by atoms with Crippen molar-refractivity contribution < 1.29 is 13.6 Å². The maximum atomic E-state index is 13.1. The van der Waals surface area contributed by atoms with Crippen molar-refractivity contribution in [2.75, 3.05) is 6.54 Å². The van der Waals surface area contributed by atoms with E-state index < -0.39 is 24.9 Å². The van der Waals surface area contributed by atoms with Crippen LogP contribution < -0.4 is 10.6 Å². The van der Waals surface area contributed by atoms with Crippen LogP contribution in [-0.4, -0.2) is 24.4 Å². The zero-order valence-electron chi connectivity index (χ0n) is 11.5. The fourth-order valence-corrected chi connectivity index (χ4v) is 3.57. The van der Waals surface area contributed by atoms with Crippen molar-refractivity contribution in [3.05, 3.63) is 35.2 Å². The Morgan fingerprint density at radius 2 is 2.24 bits per heavy atom. The lowest BCUT2D eigenvalue weighted by molar-refractivity contribution is -0.124. The van der Waals surface area contributed by atoms with Crippen molar-refractivity contribution in [3.8, 4) is 0 Å². The van der Waals surface area contributed by atoms with Gasteiger partial charge in [0, 0.05) is 16.0 Å². The lowest BCUT2D eigenvalue weighted by Crippen LogP contribution is -2.41. The average molecular weight is 310 g/mol. The third-order valence-electron chi connectivity index (χ3n) is 3.66. The highest BCUT2D eigenvalue weighted by molar-refractivity contribution is 7.19. The Bertz CT molecular complexity index is 637. The molecule has 6 heteroatoms. The van der Waals surface area contributed by atoms with Crippen molar-refractivity contribution >= 4 is 27.3 Å². The molecule has 0 radical (unpaired) electrons. The first kappa shape index (κ1) is 14.4. The van der Waals surface area contributed by atoms with Gasteiger partial charge in [-0.1, -0.05) is 18.2 Å². The lowest BCUT2D eigenvalue weighted by Gasteiger charge is -2.16. The molecule has 2 atom stereocenters. The van der Waals surface area contributed by atoms with Gasteiger partial charge in [0.15, 0.2) is 0 Å². The summed E-state index contributed by atoms with van der Waals surface area (Å²) in [6.45, 7) is 1.44. The lowest BCUT2D eigenvalue weighted by atomic mass is 10.1. The summed E-state index contributed by atoms with van der Waals surface area (Å²) < 4.78 is 27.4. The van der Waals surface area contributed by atoms with Gasteiger partial charge in [-0.2, -0.15) is 0 Å². The summed E-state index contributed by atoms with van der Waals surface area (Å²) in [5, 5.41) is 6.51. The Labute approximate surface area is 125 Å². The van der Waals surface area contributed by atoms with Crippen LogP contribution in [0.2, 0.25) is 0 Å². The van der Waals surface area contributed by atoms with Crippen LogP contribution in [0.25, 0.3) is 10.1 Å². The molecule has 0 spiro atoms. The quantitative estimate of drug-likeness (QED) is 0.915. The molecule has 3 rings (SSSR count). The summed E-state index contributed by atoms with van der Waals surface area (Å²) in [7, 11) is 0. The minimum absolute atomic E-state index is 0.189. The van der Waals surface area contributed by atoms with E-state index in [0.29, 0.717) is 0 Å². The number of carbonyl (C=O) groups excluding carboxylic acids is 1. The van der Waals surface area contributed by atoms with E-state index in [9.17, 15) is 13.6 Å². The summed E-state index contributed by atoms with van der Waals surface area (Å²) in [5.41, 5.74) is 0. The highest BCUT2D eigenvalue weighted by atomic mass is 32.1. The van der Waals surface area contributed by atoms with Crippen LogP contribution in [0.5, 0.6) is 0 Å². The van der Waals surface area contributed by atoms with Crippen LogP contribution in [0, 0.1) is 0 Å². The molecule has 1 fully saturated rings. The fraction of sp³-hybridized carbons (Fsp3) is 0.400. The van der Waals surface area contributed by atoms with Crippen molar-refractivity contribution in [1.29, 1.82) is 0 Å². The normalized spacial score (nSPS) is 22.3. The summed E-state index contributed by atoms with van der Waals surface area (Å²) in [6, 6.07) is 9.01. The third-order valence-corrected chi connectivity index (χ3v) is 4.96. The van der Waals surface area contributed by atoms with E-state index in [1.54, 1.807) is 11.3 Å². The van der Waals surface area contributed by atoms with Crippen LogP contribution in [0.3, 0.4) is 0 Å². The molecule has 112 valence electrons. The molecule has 0 aliphatic carbocycles. The number of benzene rings is 1. The number of hydrogen-bond acceptors (Lipinski definition) is 3. The summed E-state index contributed by atoms with van der Waals surface area (Å²) >= 11 is 1.61. The first-order chi connectivity index (χ1) is 9.94. The van der Waals surface area contributed by atoms with Crippen molar-refractivity contribution in [3.63, 3.8) is 0 Å². The topological polar surface area (TPSA) is 41.1 Å². The summed E-state index contributed by atoms with van der Waals surface area (Å²) in [6.07, 6.45) is -0.433. The van der Waals surface area contributed by atoms with Crippen LogP contribution in [0.1, 0.15) is 24.3 Å². The highest BCUT2D eigenvalue weighted by Gasteiger charge is 2.42. The second-order valence-electron chi connectivity index (χ2n) is 5.41. The van der Waals surface area contributed by atoms with Gasteiger partial charge >= 0.3 is 0 Å². The molecule has 1 aliphatic heterocycles. The Hall–Kier alpha value is -1.53. The van der Waals surface area contributed by atoms with E-state index in [4.69, 9.17) is 0 Å². The van der Waals surface area contributed by atoms with Crippen LogP contribution in [0.15, 0.2) is 30.3 Å². The summed E-state index contributed by atoms with van der Waals surface area (Å²) in [5.74, 6) is -3.15. The van der Waals surface area contributed by atoms with Gasteiger partial charge in [-0.05, 0) is 24.4 Å². The standard InChI is InChI=1S/C15H16F2N2OS/c1-9(13-6-10-4-2-3-5-12(10)21-13)19-14(20)11-7-15(16,17)8-18-11/h2-6,9,11,18H,7-8H2,1H3,(H,19,20). The average Bonchev–Trinajstić information content (AvgIpc) is 3.01. The number of halogens is 2. The number of rotatable bonds is 3. The maximum absolute atomic E-state index is 13.1. The fourth-order valence-electron chi connectivity index (χ4n) is 2.50. The van der Waals surface area contributed by atoms with Gasteiger partial charge < -0.3 is 5.32 Å². The minimum Gasteiger partial charge on any atom is -0.347 e. The smallest absolute Gasteiger partial charge is 0.262 e. The maximum Gasteiger partial charge on any atom is 0.262 e. The number of amides is 1. The first-order valence-electron chi connectivity index (χ1n) is 6.85. The molecule has 1 amide bonds. The molecule has 0 bridgehead atoms. The van der Waals surface area contributed by atoms with Crippen LogP contribution in [-0.2, 0) is 4.79 Å². The first-order valence-corrected chi connectivity index (χ1v) is 7.66. The van der Waals surface area contributed by atoms with E-state index in [-0.39, 0.29) is 11.9 Å². The predicted octanol–water partition coefficient (Wildman–Crippen LogP) is 3.08.